The third kappa shape index (κ3) is 6.75. The largest absolute Gasteiger partial charge is 0.489 e. The van der Waals surface area contributed by atoms with E-state index in [1.54, 1.807) is 29.4 Å². The van der Waals surface area contributed by atoms with E-state index >= 15 is 0 Å². The number of rotatable bonds is 10. The van der Waals surface area contributed by atoms with Gasteiger partial charge in [-0.2, -0.15) is 0 Å². The number of thioether (sulfide) groups is 1. The molecule has 0 unspecified atom stereocenters. The lowest BCUT2D eigenvalue weighted by Gasteiger charge is -2.22. The molecule has 3 N–H and O–H groups in total. The number of primary amides is 1. The van der Waals surface area contributed by atoms with E-state index in [9.17, 15) is 9.90 Å². The maximum Gasteiger partial charge on any atom is 0.268 e. The van der Waals surface area contributed by atoms with Crippen LogP contribution in [-0.4, -0.2) is 32.9 Å². The minimum Gasteiger partial charge on any atom is -0.489 e. The Morgan fingerprint density at radius 1 is 1.23 bits per heavy atom. The summed E-state index contributed by atoms with van der Waals surface area (Å²) < 4.78 is 7.83. The fourth-order valence-electron chi connectivity index (χ4n) is 3.32. The van der Waals surface area contributed by atoms with Crippen LogP contribution < -0.4 is 10.5 Å². The molecule has 2 atom stereocenters. The average molecular weight is 462 g/mol. The van der Waals surface area contributed by atoms with Crippen molar-refractivity contribution in [2.24, 2.45) is 5.73 Å². The van der Waals surface area contributed by atoms with Gasteiger partial charge in [-0.1, -0.05) is 30.3 Å². The summed E-state index contributed by atoms with van der Waals surface area (Å²) in [5, 5.41) is 10.3. The molecule has 0 aliphatic rings. The number of aromatic nitrogens is 2. The lowest BCUT2D eigenvalue weighted by molar-refractivity contribution is 0.0994. The van der Waals surface area contributed by atoms with E-state index in [2.05, 4.69) is 35.5 Å². The van der Waals surface area contributed by atoms with Gasteiger partial charge in [0.1, 0.15) is 18.1 Å². The molecule has 1 heterocycles. The zero-order chi connectivity index (χ0) is 21.5. The highest BCUT2D eigenvalue weighted by atomic mass is 35.5. The summed E-state index contributed by atoms with van der Waals surface area (Å²) in [6.07, 6.45) is 5.94. The summed E-state index contributed by atoms with van der Waals surface area (Å²) in [5.74, 6) is 0.252. The number of aliphatic hydroxyl groups is 1. The normalized spacial score (nSPS) is 12.6. The Balaban J connectivity index is 0.00000341. The lowest BCUT2D eigenvalue weighted by atomic mass is 10.0. The van der Waals surface area contributed by atoms with E-state index in [0.717, 1.165) is 16.9 Å². The number of amides is 1. The maximum atomic E-state index is 11.3. The van der Waals surface area contributed by atoms with E-state index in [1.807, 2.05) is 24.3 Å². The number of aryl methyl sites for hydroxylation is 1. The van der Waals surface area contributed by atoms with Crippen LogP contribution >= 0.6 is 24.2 Å². The Labute approximate surface area is 193 Å². The van der Waals surface area contributed by atoms with Gasteiger partial charge in [0.25, 0.3) is 5.91 Å². The fourth-order valence-corrected chi connectivity index (χ4v) is 3.73. The molecule has 3 rings (SSSR count). The number of nitrogens with zero attached hydrogens (tertiary/aromatic N) is 2. The Kier molecular flexibility index (Phi) is 9.43. The van der Waals surface area contributed by atoms with E-state index in [0.29, 0.717) is 19.4 Å². The minimum absolute atomic E-state index is 0. The fraction of sp³-hybridized carbons (Fsp3) is 0.304. The van der Waals surface area contributed by atoms with Crippen molar-refractivity contribution in [2.45, 2.75) is 43.4 Å². The Hall–Kier alpha value is -2.48. The quantitative estimate of drug-likeness (QED) is 0.440. The van der Waals surface area contributed by atoms with Crippen molar-refractivity contribution in [3.05, 3.63) is 77.9 Å². The Morgan fingerprint density at radius 2 is 1.94 bits per heavy atom. The van der Waals surface area contributed by atoms with Crippen molar-refractivity contribution in [1.82, 2.24) is 9.55 Å². The van der Waals surface area contributed by atoms with Crippen LogP contribution in [0, 0.1) is 0 Å². The highest BCUT2D eigenvalue weighted by Crippen LogP contribution is 2.26. The first-order valence-electron chi connectivity index (χ1n) is 9.83. The van der Waals surface area contributed by atoms with Crippen LogP contribution in [0.15, 0.2) is 66.0 Å². The molecule has 6 nitrogen and oxygen atoms in total. The average Bonchev–Trinajstić information content (AvgIpc) is 3.23. The number of nitrogens with two attached hydrogens (primary N) is 1. The molecule has 0 saturated heterocycles. The van der Waals surface area contributed by atoms with Crippen molar-refractivity contribution < 1.29 is 14.6 Å². The van der Waals surface area contributed by atoms with Gasteiger partial charge in [-0.05, 0) is 55.3 Å². The standard InChI is InChI=1S/C23H27N3O3S.ClH/c1-16(27)21(26-13-20(23(24)28)25-15-26)12-9-18-5-3-4-6-22(18)29-14-17-7-10-19(30-2)11-8-17;/h3-8,10-11,13,15-16,21,27H,9,12,14H2,1-2H3,(H2,24,28);1H/t16-,21+;/m0./s1. The summed E-state index contributed by atoms with van der Waals surface area (Å²) in [5.41, 5.74) is 7.66. The van der Waals surface area contributed by atoms with Gasteiger partial charge in [-0.15, -0.1) is 24.2 Å². The van der Waals surface area contributed by atoms with Gasteiger partial charge in [0.05, 0.1) is 18.5 Å². The molecule has 0 aliphatic heterocycles. The maximum absolute atomic E-state index is 11.3. The summed E-state index contributed by atoms with van der Waals surface area (Å²) in [6, 6.07) is 16.0. The van der Waals surface area contributed by atoms with Crippen molar-refractivity contribution in [3.63, 3.8) is 0 Å². The van der Waals surface area contributed by atoms with Gasteiger partial charge >= 0.3 is 0 Å². The first kappa shape index (κ1) is 24.8. The minimum atomic E-state index is -0.608. The molecular weight excluding hydrogens is 434 g/mol. The summed E-state index contributed by atoms with van der Waals surface area (Å²) in [7, 11) is 0. The van der Waals surface area contributed by atoms with Gasteiger partial charge in [0.15, 0.2) is 0 Å². The van der Waals surface area contributed by atoms with Crippen LogP contribution in [0.1, 0.15) is 41.0 Å². The third-order valence-corrected chi connectivity index (χ3v) is 5.77. The zero-order valence-electron chi connectivity index (χ0n) is 17.6. The summed E-state index contributed by atoms with van der Waals surface area (Å²) in [6.45, 7) is 2.23. The molecule has 0 radical (unpaired) electrons. The van der Waals surface area contributed by atoms with Gasteiger partial charge in [-0.3, -0.25) is 4.79 Å². The number of carbonyl (C=O) groups excluding carboxylic acids is 1. The second-order valence-electron chi connectivity index (χ2n) is 7.16. The molecule has 1 amide bonds. The zero-order valence-corrected chi connectivity index (χ0v) is 19.2. The van der Waals surface area contributed by atoms with Crippen LogP contribution in [0.5, 0.6) is 5.75 Å². The van der Waals surface area contributed by atoms with Crippen molar-refractivity contribution in [2.75, 3.05) is 6.26 Å². The first-order valence-corrected chi connectivity index (χ1v) is 11.1. The molecule has 3 aromatic rings. The van der Waals surface area contributed by atoms with Crippen molar-refractivity contribution in [3.8, 4) is 5.75 Å². The van der Waals surface area contributed by atoms with Gasteiger partial charge < -0.3 is 20.1 Å². The van der Waals surface area contributed by atoms with Crippen LogP contribution in [0.2, 0.25) is 0 Å². The van der Waals surface area contributed by atoms with Gasteiger partial charge in [-0.25, -0.2) is 4.98 Å². The molecule has 0 spiro atoms. The second-order valence-corrected chi connectivity index (χ2v) is 8.04. The van der Waals surface area contributed by atoms with E-state index in [1.165, 1.54) is 11.2 Å². The topological polar surface area (TPSA) is 90.4 Å². The molecule has 2 aromatic carbocycles. The number of aliphatic hydroxyl groups excluding tert-OH is 1. The predicted octanol–water partition coefficient (Wildman–Crippen LogP) is 4.26. The van der Waals surface area contributed by atoms with E-state index in [-0.39, 0.29) is 24.1 Å². The number of halogens is 1. The molecule has 0 saturated carbocycles. The smallest absolute Gasteiger partial charge is 0.268 e. The predicted molar refractivity (Wildman–Crippen MR) is 126 cm³/mol. The van der Waals surface area contributed by atoms with Crippen molar-refractivity contribution >= 4 is 30.1 Å². The van der Waals surface area contributed by atoms with Crippen LogP contribution in [0.25, 0.3) is 0 Å². The molecule has 1 aromatic heterocycles. The van der Waals surface area contributed by atoms with Gasteiger partial charge in [0, 0.05) is 11.1 Å². The number of carbonyl (C=O) groups is 1. The SMILES string of the molecule is CSc1ccc(COc2ccccc2CC[C@H]([C@H](C)O)n2cnc(C(N)=O)c2)cc1.Cl. The molecule has 0 fully saturated rings. The molecule has 31 heavy (non-hydrogen) atoms. The van der Waals surface area contributed by atoms with Crippen LogP contribution in [-0.2, 0) is 13.0 Å². The van der Waals surface area contributed by atoms with Gasteiger partial charge in [0.2, 0.25) is 0 Å². The highest BCUT2D eigenvalue weighted by molar-refractivity contribution is 7.98. The third-order valence-electron chi connectivity index (χ3n) is 5.03. The highest BCUT2D eigenvalue weighted by Gasteiger charge is 2.19. The van der Waals surface area contributed by atoms with Crippen molar-refractivity contribution in [1.29, 1.82) is 0 Å². The summed E-state index contributed by atoms with van der Waals surface area (Å²) in [4.78, 5) is 16.6. The number of benzene rings is 2. The van der Waals surface area contributed by atoms with Crippen LogP contribution in [0.3, 0.4) is 0 Å². The molecule has 166 valence electrons. The number of hydrogen-bond acceptors (Lipinski definition) is 5. The number of hydrogen-bond donors (Lipinski definition) is 2. The Bertz CT molecular complexity index is 976. The lowest BCUT2D eigenvalue weighted by Crippen LogP contribution is -2.21. The van der Waals surface area contributed by atoms with E-state index in [4.69, 9.17) is 10.5 Å². The Morgan fingerprint density at radius 3 is 2.55 bits per heavy atom. The van der Waals surface area contributed by atoms with Crippen LogP contribution in [0.4, 0.5) is 0 Å². The molecule has 8 heteroatoms. The van der Waals surface area contributed by atoms with E-state index < -0.39 is 12.0 Å². The number of ether oxygens (including phenoxy) is 1. The second kappa shape index (κ2) is 11.8. The monoisotopic (exact) mass is 461 g/mol. The summed E-state index contributed by atoms with van der Waals surface area (Å²) >= 11 is 1.71. The number of para-hydroxylation sites is 1. The molecular formula is C23H28ClN3O3S. The molecule has 0 aliphatic carbocycles. The first-order chi connectivity index (χ1) is 14.5. The molecule has 0 bridgehead atoms. The number of imidazole rings is 1.